The first-order chi connectivity index (χ1) is 38.2. The molecule has 1 aromatic carbocycles. The molecule has 12 N–H and O–H groups in total. The van der Waals surface area contributed by atoms with Crippen molar-refractivity contribution in [2.24, 2.45) is 5.73 Å². The molecule has 0 aromatic heterocycles. The molecule has 0 saturated carbocycles. The van der Waals surface area contributed by atoms with E-state index in [9.17, 15) is 78.3 Å². The number of benzene rings is 1. The minimum Gasteiger partial charge on any atom is -0.484 e. The van der Waals surface area contributed by atoms with E-state index in [4.69, 9.17) is 10.5 Å². The van der Waals surface area contributed by atoms with Crippen molar-refractivity contribution in [3.05, 3.63) is 42.0 Å². The van der Waals surface area contributed by atoms with E-state index < -0.39 is 77.8 Å². The Morgan fingerprint density at radius 1 is 0.588 bits per heavy atom. The van der Waals surface area contributed by atoms with Gasteiger partial charge in [0, 0.05) is 96.1 Å². The van der Waals surface area contributed by atoms with Gasteiger partial charge in [-0.05, 0) is 121 Å². The van der Waals surface area contributed by atoms with Gasteiger partial charge in [-0.15, -0.1) is 0 Å². The van der Waals surface area contributed by atoms with Gasteiger partial charge in [-0.1, -0.05) is 6.07 Å². The first-order valence-corrected chi connectivity index (χ1v) is 27.0. The summed E-state index contributed by atoms with van der Waals surface area (Å²) in [5, 5.41) is 56.4. The Morgan fingerprint density at radius 3 is 1.62 bits per heavy atom. The van der Waals surface area contributed by atoms with Crippen molar-refractivity contribution in [3.8, 4) is 5.75 Å². The first kappa shape index (κ1) is 68.5. The number of nitrogens with zero attached hydrogens (tertiary/aromatic N) is 4. The monoisotopic (exact) mass is 1130 g/mol. The number of hydroxylamine groups is 6. The molecule has 0 unspecified atom stereocenters. The highest BCUT2D eigenvalue weighted by Gasteiger charge is 2.28. The number of carboxylic acids is 1. The number of hydrogen-bond donors (Lipinski definition) is 11. The summed E-state index contributed by atoms with van der Waals surface area (Å²) in [4.78, 5) is 148. The van der Waals surface area contributed by atoms with Gasteiger partial charge in [-0.2, -0.15) is 0 Å². The summed E-state index contributed by atoms with van der Waals surface area (Å²) in [6, 6.07) is 3.38. The zero-order valence-electron chi connectivity index (χ0n) is 45.6. The minimum absolute atomic E-state index is 0.00503. The van der Waals surface area contributed by atoms with E-state index in [2.05, 4.69) is 31.9 Å². The second kappa shape index (κ2) is 39.7. The van der Waals surface area contributed by atoms with Crippen LogP contribution in [0.1, 0.15) is 139 Å². The summed E-state index contributed by atoms with van der Waals surface area (Å²) in [5.41, 5.74) is 5.69. The first-order valence-electron chi connectivity index (χ1n) is 27.0. The van der Waals surface area contributed by atoms with Gasteiger partial charge < -0.3 is 47.5 Å². The summed E-state index contributed by atoms with van der Waals surface area (Å²) in [6.45, 7) is 1.96. The lowest BCUT2D eigenvalue weighted by Crippen LogP contribution is -2.53. The number of aliphatic carboxylic acids is 1. The molecule has 2 rings (SSSR count). The fraction of sp³-hybridized carbons (Fsp3) is 0.615. The number of carbonyl (C=O) groups excluding carboxylic acids is 11. The average Bonchev–Trinajstić information content (AvgIpc) is 3.75. The van der Waals surface area contributed by atoms with Crippen molar-refractivity contribution in [1.29, 1.82) is 0 Å². The zero-order valence-corrected chi connectivity index (χ0v) is 45.6. The highest BCUT2D eigenvalue weighted by molar-refractivity contribution is 6.12. The third-order valence-electron chi connectivity index (χ3n) is 12.3. The van der Waals surface area contributed by atoms with Crippen molar-refractivity contribution in [3.63, 3.8) is 0 Å². The lowest BCUT2D eigenvalue weighted by Gasteiger charge is -2.22. The van der Waals surface area contributed by atoms with E-state index in [1.807, 2.05) is 0 Å². The maximum absolute atomic E-state index is 13.2. The standard InChI is InChI=1S/C52H81N11O17/c1-37(64)61(77)31-11-2-8-27-54-42(65)20-22-48(71)62(78)32-12-3-9-28-55-43(66)21-23-49(72)63(79)33-13-4-10-29-56-45(68)36-80-39-17-15-16-38(34-39)50(73)57-35-44(67)58-40(18-5-7-26-53)51(74)59-41(52(75)76)19-6-14-30-60-46(69)24-25-47(60)70/h15-17,24-25,34,40-41,77-79H,2-14,18-23,26-33,35-36,53H2,1H3,(H,54,65)(H,55,66)(H,56,68)(H,57,73)(H,58,67)(H,59,74)(H,75,76)/t40-,41-/m0/s1. The number of amides is 11. The molecule has 0 bridgehead atoms. The number of hydrogen-bond acceptors (Lipinski definition) is 17. The van der Waals surface area contributed by atoms with Gasteiger partial charge in [-0.3, -0.25) is 73.3 Å². The van der Waals surface area contributed by atoms with Crippen LogP contribution in [0.3, 0.4) is 0 Å². The largest absolute Gasteiger partial charge is 0.484 e. The Hall–Kier alpha value is -7.56. The van der Waals surface area contributed by atoms with Crippen molar-refractivity contribution < 1.29 is 83.0 Å². The van der Waals surface area contributed by atoms with Crippen molar-refractivity contribution in [1.82, 2.24) is 52.0 Å². The van der Waals surface area contributed by atoms with Crippen LogP contribution in [-0.2, 0) is 52.7 Å². The predicted molar refractivity (Wildman–Crippen MR) is 284 cm³/mol. The summed E-state index contributed by atoms with van der Waals surface area (Å²) in [6.07, 6.45) is 8.26. The van der Waals surface area contributed by atoms with E-state index in [-0.39, 0.29) is 107 Å². The van der Waals surface area contributed by atoms with Gasteiger partial charge in [0.05, 0.1) is 6.54 Å². The van der Waals surface area contributed by atoms with Crippen LogP contribution in [0, 0.1) is 0 Å². The molecule has 0 spiro atoms. The molecular formula is C52H81N11O17. The number of carboxylic acid groups (broad SMARTS) is 1. The molecule has 0 saturated heterocycles. The average molecular weight is 1130 g/mol. The van der Waals surface area contributed by atoms with Crippen molar-refractivity contribution in [2.45, 2.75) is 141 Å². The Bertz CT molecular complexity index is 2230. The third kappa shape index (κ3) is 30.0. The predicted octanol–water partition coefficient (Wildman–Crippen LogP) is 0.167. The van der Waals surface area contributed by atoms with Gasteiger partial charge in [0.1, 0.15) is 17.8 Å². The minimum atomic E-state index is -1.32. The molecule has 28 nitrogen and oxygen atoms in total. The topological polar surface area (TPSA) is 406 Å². The lowest BCUT2D eigenvalue weighted by atomic mass is 10.1. The van der Waals surface area contributed by atoms with E-state index in [1.165, 1.54) is 31.2 Å². The van der Waals surface area contributed by atoms with Crippen LogP contribution in [0.4, 0.5) is 0 Å². The Balaban J connectivity index is 1.57. The summed E-state index contributed by atoms with van der Waals surface area (Å²) < 4.78 is 5.54. The highest BCUT2D eigenvalue weighted by Crippen LogP contribution is 2.14. The molecule has 11 amide bonds. The van der Waals surface area contributed by atoms with E-state index in [1.54, 1.807) is 0 Å². The van der Waals surface area contributed by atoms with Gasteiger partial charge in [-0.25, -0.2) is 20.0 Å². The second-order valence-corrected chi connectivity index (χ2v) is 18.9. The molecule has 1 heterocycles. The van der Waals surface area contributed by atoms with Crippen LogP contribution in [0.5, 0.6) is 5.75 Å². The van der Waals surface area contributed by atoms with E-state index in [0.29, 0.717) is 112 Å². The van der Waals surface area contributed by atoms with Gasteiger partial charge in [0.25, 0.3) is 23.6 Å². The van der Waals surface area contributed by atoms with E-state index in [0.717, 1.165) is 17.1 Å². The second-order valence-electron chi connectivity index (χ2n) is 18.9. The number of unbranched alkanes of at least 4 members (excludes halogenated alkanes) is 8. The maximum Gasteiger partial charge on any atom is 0.326 e. The number of rotatable bonds is 43. The highest BCUT2D eigenvalue weighted by atomic mass is 16.5. The van der Waals surface area contributed by atoms with Crippen LogP contribution in [-0.4, -0.2) is 189 Å². The molecule has 1 aliphatic heterocycles. The van der Waals surface area contributed by atoms with Crippen LogP contribution < -0.4 is 42.4 Å². The summed E-state index contributed by atoms with van der Waals surface area (Å²) >= 11 is 0. The third-order valence-corrected chi connectivity index (χ3v) is 12.3. The zero-order chi connectivity index (χ0) is 59.2. The molecular weight excluding hydrogens is 1050 g/mol. The number of ether oxygens (including phenoxy) is 1. The maximum atomic E-state index is 13.2. The number of carbonyl (C=O) groups is 12. The molecule has 446 valence electrons. The van der Waals surface area contributed by atoms with Crippen LogP contribution in [0.2, 0.25) is 0 Å². The quantitative estimate of drug-likeness (QED) is 0.0180. The molecule has 1 aromatic rings. The van der Waals surface area contributed by atoms with E-state index >= 15 is 0 Å². The molecule has 0 radical (unpaired) electrons. The van der Waals surface area contributed by atoms with Gasteiger partial charge in [0.15, 0.2) is 6.61 Å². The molecule has 28 heteroatoms. The van der Waals surface area contributed by atoms with Crippen molar-refractivity contribution >= 4 is 70.9 Å². The van der Waals surface area contributed by atoms with Gasteiger partial charge >= 0.3 is 5.97 Å². The molecule has 2 atom stereocenters. The number of nitrogens with two attached hydrogens (primary N) is 1. The molecule has 0 fully saturated rings. The number of imide groups is 1. The van der Waals surface area contributed by atoms with Crippen LogP contribution in [0.25, 0.3) is 0 Å². The Labute approximate surface area is 464 Å². The smallest absolute Gasteiger partial charge is 0.326 e. The lowest BCUT2D eigenvalue weighted by molar-refractivity contribution is -0.166. The fourth-order valence-electron chi connectivity index (χ4n) is 7.65. The fourth-order valence-corrected chi connectivity index (χ4v) is 7.65. The molecule has 1 aliphatic rings. The summed E-state index contributed by atoms with van der Waals surface area (Å²) in [7, 11) is 0. The number of nitrogens with one attached hydrogen (secondary N) is 6. The van der Waals surface area contributed by atoms with Gasteiger partial charge in [0.2, 0.25) is 41.4 Å². The summed E-state index contributed by atoms with van der Waals surface area (Å²) in [5.74, 6) is -7.03. The molecule has 0 aliphatic carbocycles. The molecule has 80 heavy (non-hydrogen) atoms. The van der Waals surface area contributed by atoms with Crippen molar-refractivity contribution in [2.75, 3.05) is 65.5 Å². The Kier molecular flexibility index (Phi) is 34.1. The van der Waals surface area contributed by atoms with Crippen LogP contribution in [0.15, 0.2) is 36.4 Å². The SMILES string of the molecule is CC(=O)N(O)CCCCCNC(=O)CCC(=O)N(O)CCCCCNC(=O)CCC(=O)N(O)CCCCCNC(=O)COc1cccc(C(=O)NCC(=O)N[C@@H](CCCCN)C(=O)N[C@@H](CCCCN2C(=O)C=CC2=O)C(=O)O)c1. The van der Waals surface area contributed by atoms with Crippen LogP contribution >= 0.6 is 0 Å². The normalized spacial score (nSPS) is 12.4. The Morgan fingerprint density at radius 2 is 1.10 bits per heavy atom.